The lowest BCUT2D eigenvalue weighted by atomic mass is 9.96. The van der Waals surface area contributed by atoms with Crippen molar-refractivity contribution in [1.29, 1.82) is 0 Å². The molecule has 94 valence electrons. The minimum atomic E-state index is -0.453. The Kier molecular flexibility index (Phi) is 4.29. The zero-order valence-electron chi connectivity index (χ0n) is 11.2. The van der Waals surface area contributed by atoms with Crippen LogP contribution in [0.15, 0.2) is 18.2 Å². The number of benzene rings is 1. The highest BCUT2D eigenvalue weighted by Gasteiger charge is 2.23. The molecule has 0 aliphatic carbocycles. The number of hydrogen-bond donors (Lipinski definition) is 0. The summed E-state index contributed by atoms with van der Waals surface area (Å²) >= 11 is 0. The second-order valence-corrected chi connectivity index (χ2v) is 4.77. The zero-order valence-corrected chi connectivity index (χ0v) is 11.2. The average molecular weight is 236 g/mol. The molecule has 0 radical (unpaired) electrons. The third-order valence-corrected chi connectivity index (χ3v) is 2.79. The highest BCUT2D eigenvalue weighted by Crippen LogP contribution is 2.24. The molecule has 0 aromatic heterocycles. The molecule has 1 rings (SSSR count). The van der Waals surface area contributed by atoms with Gasteiger partial charge in [0.25, 0.3) is 0 Å². The highest BCUT2D eigenvalue weighted by atomic mass is 16.5. The Hall–Kier alpha value is -1.35. The van der Waals surface area contributed by atoms with Gasteiger partial charge in [0, 0.05) is 13.5 Å². The maximum Gasteiger partial charge on any atom is 0.169 e. The van der Waals surface area contributed by atoms with Crippen molar-refractivity contribution in [3.05, 3.63) is 29.3 Å². The molecule has 0 atom stereocenters. The second kappa shape index (κ2) is 5.32. The molecule has 0 saturated carbocycles. The van der Waals surface area contributed by atoms with Crippen molar-refractivity contribution in [2.75, 3.05) is 14.2 Å². The van der Waals surface area contributed by atoms with Crippen LogP contribution < -0.4 is 4.74 Å². The smallest absolute Gasteiger partial charge is 0.169 e. The van der Waals surface area contributed by atoms with Crippen molar-refractivity contribution in [2.24, 2.45) is 0 Å². The normalized spacial score (nSPS) is 11.4. The predicted octanol–water partition coefficient (Wildman–Crippen LogP) is 3.00. The number of rotatable bonds is 5. The molecule has 0 aliphatic rings. The number of methoxy groups -OCH3 is 2. The minimum Gasteiger partial charge on any atom is -0.496 e. The number of carbonyl (C=O) groups is 1. The Bertz CT molecular complexity index is 408. The molecule has 3 nitrogen and oxygen atoms in total. The lowest BCUT2D eigenvalue weighted by Gasteiger charge is -2.22. The maximum atomic E-state index is 12.2. The van der Waals surface area contributed by atoms with E-state index < -0.39 is 5.60 Å². The third kappa shape index (κ3) is 3.56. The lowest BCUT2D eigenvalue weighted by molar-refractivity contribution is 0.0171. The molecule has 0 amide bonds. The van der Waals surface area contributed by atoms with Gasteiger partial charge in [-0.25, -0.2) is 0 Å². The van der Waals surface area contributed by atoms with Gasteiger partial charge in [0.05, 0.1) is 18.3 Å². The van der Waals surface area contributed by atoms with Gasteiger partial charge in [-0.3, -0.25) is 4.79 Å². The largest absolute Gasteiger partial charge is 0.496 e. The molecule has 0 heterocycles. The topological polar surface area (TPSA) is 35.5 Å². The van der Waals surface area contributed by atoms with Crippen LogP contribution in [0.25, 0.3) is 0 Å². The standard InChI is InChI=1S/C14H20O3/c1-10-6-7-13(16-4)11(8-10)12(15)9-14(2,3)17-5/h6-8H,9H2,1-5H3. The molecule has 0 saturated heterocycles. The number of ether oxygens (including phenoxy) is 2. The fourth-order valence-corrected chi connectivity index (χ4v) is 1.59. The number of hydrogen-bond acceptors (Lipinski definition) is 3. The summed E-state index contributed by atoms with van der Waals surface area (Å²) in [6.07, 6.45) is 0.337. The molecule has 1 aromatic carbocycles. The summed E-state index contributed by atoms with van der Waals surface area (Å²) in [5.41, 5.74) is 1.22. The van der Waals surface area contributed by atoms with Gasteiger partial charge in [-0.1, -0.05) is 11.6 Å². The first-order chi connectivity index (χ1) is 7.89. The number of carbonyl (C=O) groups excluding carboxylic acids is 1. The molecule has 0 spiro atoms. The van der Waals surface area contributed by atoms with Crippen LogP contribution in [0.5, 0.6) is 5.75 Å². The van der Waals surface area contributed by atoms with Gasteiger partial charge in [-0.2, -0.15) is 0 Å². The number of Topliss-reactive ketones (excluding diaryl/α,β-unsaturated/α-hetero) is 1. The van der Waals surface area contributed by atoms with Gasteiger partial charge >= 0.3 is 0 Å². The van der Waals surface area contributed by atoms with Crippen LogP contribution in [0, 0.1) is 6.92 Å². The Morgan fingerprint density at radius 1 is 1.29 bits per heavy atom. The summed E-state index contributed by atoms with van der Waals surface area (Å²) < 4.78 is 10.5. The molecule has 17 heavy (non-hydrogen) atoms. The van der Waals surface area contributed by atoms with Gasteiger partial charge < -0.3 is 9.47 Å². The van der Waals surface area contributed by atoms with E-state index in [0.29, 0.717) is 17.7 Å². The Balaban J connectivity index is 2.99. The quantitative estimate of drug-likeness (QED) is 0.737. The van der Waals surface area contributed by atoms with E-state index in [1.165, 1.54) is 0 Å². The van der Waals surface area contributed by atoms with Crippen molar-refractivity contribution >= 4 is 5.78 Å². The van der Waals surface area contributed by atoms with E-state index in [0.717, 1.165) is 5.56 Å². The Morgan fingerprint density at radius 2 is 1.94 bits per heavy atom. The SMILES string of the molecule is COc1ccc(C)cc1C(=O)CC(C)(C)OC. The molecule has 0 fully saturated rings. The van der Waals surface area contributed by atoms with Crippen molar-refractivity contribution < 1.29 is 14.3 Å². The van der Waals surface area contributed by atoms with Crippen molar-refractivity contribution in [1.82, 2.24) is 0 Å². The monoisotopic (exact) mass is 236 g/mol. The van der Waals surface area contributed by atoms with Crippen LogP contribution in [-0.4, -0.2) is 25.6 Å². The fourth-order valence-electron chi connectivity index (χ4n) is 1.59. The molecule has 0 bridgehead atoms. The molecular weight excluding hydrogens is 216 g/mol. The van der Waals surface area contributed by atoms with E-state index in [4.69, 9.17) is 9.47 Å². The summed E-state index contributed by atoms with van der Waals surface area (Å²) in [4.78, 5) is 12.2. The summed E-state index contributed by atoms with van der Waals surface area (Å²) in [6.45, 7) is 5.75. The van der Waals surface area contributed by atoms with Crippen molar-refractivity contribution in [3.63, 3.8) is 0 Å². The van der Waals surface area contributed by atoms with Crippen LogP contribution in [0.2, 0.25) is 0 Å². The van der Waals surface area contributed by atoms with Crippen molar-refractivity contribution in [3.8, 4) is 5.75 Å². The summed E-state index contributed by atoms with van der Waals surface area (Å²) in [5.74, 6) is 0.657. The van der Waals surface area contributed by atoms with Gasteiger partial charge in [-0.05, 0) is 32.9 Å². The molecule has 0 N–H and O–H groups in total. The minimum absolute atomic E-state index is 0.0393. The van der Waals surface area contributed by atoms with E-state index in [1.54, 1.807) is 14.2 Å². The van der Waals surface area contributed by atoms with E-state index in [-0.39, 0.29) is 5.78 Å². The van der Waals surface area contributed by atoms with E-state index >= 15 is 0 Å². The summed E-state index contributed by atoms with van der Waals surface area (Å²) in [7, 11) is 3.18. The van der Waals surface area contributed by atoms with E-state index in [1.807, 2.05) is 39.0 Å². The third-order valence-electron chi connectivity index (χ3n) is 2.79. The van der Waals surface area contributed by atoms with Crippen LogP contribution in [0.1, 0.15) is 36.2 Å². The first kappa shape index (κ1) is 13.7. The first-order valence-electron chi connectivity index (χ1n) is 5.62. The van der Waals surface area contributed by atoms with Gasteiger partial charge in [0.1, 0.15) is 5.75 Å². The molecule has 0 aliphatic heterocycles. The number of aryl methyl sites for hydroxylation is 1. The molecular formula is C14H20O3. The predicted molar refractivity (Wildman–Crippen MR) is 67.8 cm³/mol. The van der Waals surface area contributed by atoms with Gasteiger partial charge in [0.2, 0.25) is 0 Å². The van der Waals surface area contributed by atoms with Crippen LogP contribution in [0.4, 0.5) is 0 Å². The average Bonchev–Trinajstić information content (AvgIpc) is 2.28. The maximum absolute atomic E-state index is 12.2. The zero-order chi connectivity index (χ0) is 13.1. The van der Waals surface area contributed by atoms with Crippen molar-refractivity contribution in [2.45, 2.75) is 32.8 Å². The fraction of sp³-hybridized carbons (Fsp3) is 0.500. The van der Waals surface area contributed by atoms with Crippen LogP contribution in [0.3, 0.4) is 0 Å². The highest BCUT2D eigenvalue weighted by molar-refractivity contribution is 5.99. The molecule has 3 heteroatoms. The van der Waals surface area contributed by atoms with Gasteiger partial charge in [-0.15, -0.1) is 0 Å². The van der Waals surface area contributed by atoms with E-state index in [9.17, 15) is 4.79 Å². The Morgan fingerprint density at radius 3 is 2.47 bits per heavy atom. The van der Waals surface area contributed by atoms with Crippen LogP contribution in [-0.2, 0) is 4.74 Å². The first-order valence-corrected chi connectivity index (χ1v) is 5.62. The van der Waals surface area contributed by atoms with Crippen LogP contribution >= 0.6 is 0 Å². The second-order valence-electron chi connectivity index (χ2n) is 4.77. The number of ketones is 1. The summed E-state index contributed by atoms with van der Waals surface area (Å²) in [5, 5.41) is 0. The van der Waals surface area contributed by atoms with E-state index in [2.05, 4.69) is 0 Å². The Labute approximate surface area is 103 Å². The summed E-state index contributed by atoms with van der Waals surface area (Å²) in [6, 6.07) is 5.60. The molecule has 1 aromatic rings. The lowest BCUT2D eigenvalue weighted by Crippen LogP contribution is -2.26. The van der Waals surface area contributed by atoms with Gasteiger partial charge in [0.15, 0.2) is 5.78 Å². The molecule has 0 unspecified atom stereocenters.